The number of aryl methyl sites for hydroxylation is 1. The standard InChI is InChI=1S/C15H14ClFN4O/c1-3-10-9(2)19-21-8-18-20(15(21)14(10)22)7-11-12(16)5-4-6-13(11)17/h4-6,8H,3,7H2,1-2H3/p+1. The van der Waals surface area contributed by atoms with Crippen LogP contribution in [0.3, 0.4) is 0 Å². The van der Waals surface area contributed by atoms with E-state index in [1.54, 1.807) is 16.6 Å². The number of halogens is 2. The van der Waals surface area contributed by atoms with Crippen molar-refractivity contribution < 1.29 is 8.91 Å². The fraction of sp³-hybridized carbons (Fsp3) is 0.267. The zero-order valence-electron chi connectivity index (χ0n) is 12.2. The number of hydrogen-bond donors (Lipinski definition) is 1. The van der Waals surface area contributed by atoms with E-state index in [1.165, 1.54) is 17.1 Å². The fourth-order valence-electron chi connectivity index (χ4n) is 2.58. The van der Waals surface area contributed by atoms with E-state index in [2.05, 4.69) is 10.2 Å². The highest BCUT2D eigenvalue weighted by Crippen LogP contribution is 2.19. The van der Waals surface area contributed by atoms with E-state index in [4.69, 9.17) is 11.6 Å². The van der Waals surface area contributed by atoms with Crippen molar-refractivity contribution in [3.05, 3.63) is 62.4 Å². The SMILES string of the molecule is CCc1c(C)[nH][n+]2cnn(Cc3c(F)cccc3Cl)c2c1=O. The van der Waals surface area contributed by atoms with Gasteiger partial charge in [0.15, 0.2) is 0 Å². The monoisotopic (exact) mass is 321 g/mol. The van der Waals surface area contributed by atoms with Crippen LogP contribution in [-0.4, -0.2) is 14.9 Å². The lowest BCUT2D eigenvalue weighted by Crippen LogP contribution is -2.35. The second kappa shape index (κ2) is 5.53. The number of nitrogens with zero attached hydrogens (tertiary/aromatic N) is 3. The quantitative estimate of drug-likeness (QED) is 0.750. The van der Waals surface area contributed by atoms with E-state index >= 15 is 0 Å². The summed E-state index contributed by atoms with van der Waals surface area (Å²) in [5, 5.41) is 7.58. The van der Waals surface area contributed by atoms with Crippen molar-refractivity contribution in [2.24, 2.45) is 0 Å². The Morgan fingerprint density at radius 3 is 2.86 bits per heavy atom. The van der Waals surface area contributed by atoms with Gasteiger partial charge in [-0.15, -0.1) is 4.52 Å². The van der Waals surface area contributed by atoms with E-state index in [9.17, 15) is 9.18 Å². The van der Waals surface area contributed by atoms with Gasteiger partial charge in [-0.2, -0.15) is 0 Å². The lowest BCUT2D eigenvalue weighted by Gasteiger charge is -2.03. The zero-order chi connectivity index (χ0) is 15.9. The van der Waals surface area contributed by atoms with Gasteiger partial charge < -0.3 is 0 Å². The third-order valence-electron chi connectivity index (χ3n) is 3.72. The van der Waals surface area contributed by atoms with Crippen LogP contribution in [0.1, 0.15) is 23.7 Å². The molecule has 1 N–H and O–H groups in total. The molecule has 1 aromatic carbocycles. The molecule has 5 nitrogen and oxygen atoms in total. The minimum Gasteiger partial charge on any atom is -0.282 e. The van der Waals surface area contributed by atoms with Crippen LogP contribution in [-0.2, 0) is 13.0 Å². The molecule has 0 amide bonds. The molecule has 3 aromatic rings. The summed E-state index contributed by atoms with van der Waals surface area (Å²) in [6.07, 6.45) is 2.11. The third-order valence-corrected chi connectivity index (χ3v) is 4.07. The molecule has 0 aliphatic carbocycles. The number of H-pyrrole nitrogens is 1. The Hall–Kier alpha value is -2.21. The van der Waals surface area contributed by atoms with E-state index in [1.807, 2.05) is 13.8 Å². The number of rotatable bonds is 3. The number of fused-ring (bicyclic) bond motifs is 1. The highest BCUT2D eigenvalue weighted by molar-refractivity contribution is 6.31. The first-order chi connectivity index (χ1) is 10.5. The minimum absolute atomic E-state index is 0.0945. The zero-order valence-corrected chi connectivity index (χ0v) is 13.0. The van der Waals surface area contributed by atoms with Crippen LogP contribution < -0.4 is 9.94 Å². The van der Waals surface area contributed by atoms with Crippen molar-refractivity contribution in [1.82, 2.24) is 14.9 Å². The van der Waals surface area contributed by atoms with Crippen LogP contribution >= 0.6 is 11.6 Å². The Bertz CT molecular complexity index is 896. The molecule has 7 heteroatoms. The van der Waals surface area contributed by atoms with Crippen molar-refractivity contribution >= 4 is 17.2 Å². The molecule has 0 bridgehead atoms. The predicted octanol–water partition coefficient (Wildman–Crippen LogP) is 2.02. The van der Waals surface area contributed by atoms with Crippen molar-refractivity contribution in [3.63, 3.8) is 0 Å². The molecular formula is C15H15ClFN4O+. The molecule has 0 saturated heterocycles. The average molecular weight is 322 g/mol. The van der Waals surface area contributed by atoms with Gasteiger partial charge in [-0.05, 0) is 25.5 Å². The molecular weight excluding hydrogens is 307 g/mol. The molecule has 0 fully saturated rings. The maximum absolute atomic E-state index is 13.9. The van der Waals surface area contributed by atoms with E-state index in [-0.39, 0.29) is 12.0 Å². The van der Waals surface area contributed by atoms with Crippen LogP contribution in [0.15, 0.2) is 29.3 Å². The second-order valence-corrected chi connectivity index (χ2v) is 5.49. The van der Waals surface area contributed by atoms with Crippen LogP contribution in [0.5, 0.6) is 0 Å². The molecule has 114 valence electrons. The minimum atomic E-state index is -0.416. The summed E-state index contributed by atoms with van der Waals surface area (Å²) in [5.41, 5.74) is 2.06. The Morgan fingerprint density at radius 2 is 2.18 bits per heavy atom. The highest BCUT2D eigenvalue weighted by Gasteiger charge is 2.21. The van der Waals surface area contributed by atoms with E-state index < -0.39 is 5.82 Å². The Balaban J connectivity index is 2.19. The molecule has 22 heavy (non-hydrogen) atoms. The van der Waals surface area contributed by atoms with Gasteiger partial charge in [-0.1, -0.05) is 29.3 Å². The first kappa shape index (κ1) is 14.7. The first-order valence-electron chi connectivity index (χ1n) is 6.94. The van der Waals surface area contributed by atoms with Crippen molar-refractivity contribution in [2.75, 3.05) is 0 Å². The molecule has 0 spiro atoms. The van der Waals surface area contributed by atoms with Crippen molar-refractivity contribution in [2.45, 2.75) is 26.8 Å². The summed E-state index contributed by atoms with van der Waals surface area (Å²) in [7, 11) is 0. The summed E-state index contributed by atoms with van der Waals surface area (Å²) < 4.78 is 16.9. The number of nitrogens with one attached hydrogen (secondary N) is 1. The Morgan fingerprint density at radius 1 is 1.41 bits per heavy atom. The lowest BCUT2D eigenvalue weighted by atomic mass is 10.1. The topological polar surface area (TPSA) is 54.8 Å². The number of hydrogen-bond acceptors (Lipinski definition) is 2. The number of aromatic amines is 1. The van der Waals surface area contributed by atoms with Crippen LogP contribution in [0, 0.1) is 12.7 Å². The fourth-order valence-corrected chi connectivity index (χ4v) is 2.81. The molecule has 0 radical (unpaired) electrons. The molecule has 0 saturated carbocycles. The first-order valence-corrected chi connectivity index (χ1v) is 7.32. The third kappa shape index (κ3) is 2.29. The number of aromatic nitrogens is 4. The van der Waals surface area contributed by atoms with Gasteiger partial charge in [0.1, 0.15) is 12.4 Å². The molecule has 0 aliphatic heterocycles. The molecule has 2 heterocycles. The second-order valence-electron chi connectivity index (χ2n) is 5.08. The summed E-state index contributed by atoms with van der Waals surface area (Å²) in [6.45, 7) is 3.86. The highest BCUT2D eigenvalue weighted by atomic mass is 35.5. The molecule has 0 atom stereocenters. The largest absolute Gasteiger partial charge is 0.331 e. The summed E-state index contributed by atoms with van der Waals surface area (Å²) in [6, 6.07) is 4.50. The molecule has 3 rings (SSSR count). The van der Waals surface area contributed by atoms with Crippen LogP contribution in [0.2, 0.25) is 5.02 Å². The van der Waals surface area contributed by atoms with E-state index in [0.29, 0.717) is 28.2 Å². The summed E-state index contributed by atoms with van der Waals surface area (Å²) in [4.78, 5) is 12.6. The normalized spacial score (nSPS) is 11.3. The van der Waals surface area contributed by atoms with E-state index in [0.717, 1.165) is 5.69 Å². The average Bonchev–Trinajstić information content (AvgIpc) is 2.86. The Labute approximate surface area is 131 Å². The van der Waals surface area contributed by atoms with Gasteiger partial charge in [0.2, 0.25) is 0 Å². The lowest BCUT2D eigenvalue weighted by molar-refractivity contribution is -0.582. The van der Waals surface area contributed by atoms with Gasteiger partial charge >= 0.3 is 5.65 Å². The maximum Gasteiger partial charge on any atom is 0.331 e. The summed E-state index contributed by atoms with van der Waals surface area (Å²) >= 11 is 6.05. The smallest absolute Gasteiger partial charge is 0.282 e. The number of benzene rings is 1. The Kier molecular flexibility index (Phi) is 3.70. The van der Waals surface area contributed by atoms with Gasteiger partial charge in [-0.3, -0.25) is 4.79 Å². The van der Waals surface area contributed by atoms with Crippen LogP contribution in [0.4, 0.5) is 4.39 Å². The van der Waals surface area contributed by atoms with Crippen LogP contribution in [0.25, 0.3) is 5.65 Å². The molecule has 0 aliphatic rings. The van der Waals surface area contributed by atoms with Gasteiger partial charge in [-0.25, -0.2) is 9.49 Å². The predicted molar refractivity (Wildman–Crippen MR) is 80.6 cm³/mol. The summed E-state index contributed by atoms with van der Waals surface area (Å²) in [5.74, 6) is -0.416. The van der Waals surface area contributed by atoms with Gasteiger partial charge in [0.25, 0.3) is 11.8 Å². The van der Waals surface area contributed by atoms with Gasteiger partial charge in [0.05, 0.1) is 5.02 Å². The van der Waals surface area contributed by atoms with Crippen molar-refractivity contribution in [1.29, 1.82) is 0 Å². The molecule has 2 aromatic heterocycles. The molecule has 0 unspecified atom stereocenters. The van der Waals surface area contributed by atoms with Crippen molar-refractivity contribution in [3.8, 4) is 0 Å². The maximum atomic E-state index is 13.9. The van der Waals surface area contributed by atoms with Gasteiger partial charge in [0, 0.05) is 21.9 Å².